The van der Waals surface area contributed by atoms with Gasteiger partial charge >= 0.3 is 0 Å². The molecule has 0 aromatic heterocycles. The van der Waals surface area contributed by atoms with Crippen molar-refractivity contribution in [3.05, 3.63) is 35.4 Å². The Morgan fingerprint density at radius 2 is 1.88 bits per heavy atom. The molecule has 0 radical (unpaired) electrons. The summed E-state index contributed by atoms with van der Waals surface area (Å²) in [5.41, 5.74) is -0.501. The molecule has 0 aliphatic rings. The number of hydrogen-bond acceptors (Lipinski definition) is 2. The zero-order chi connectivity index (χ0) is 12.8. The SMILES string of the molecule is CCCC(OCC)C(=O)c1c(F)cccc1F. The first-order valence-corrected chi connectivity index (χ1v) is 5.71. The molecule has 0 bridgehead atoms. The number of hydrogen-bond donors (Lipinski definition) is 0. The Labute approximate surface area is 99.6 Å². The lowest BCUT2D eigenvalue weighted by Gasteiger charge is -2.15. The van der Waals surface area contributed by atoms with E-state index in [1.54, 1.807) is 6.92 Å². The number of benzene rings is 1. The van der Waals surface area contributed by atoms with Gasteiger partial charge in [0.05, 0.1) is 5.56 Å². The number of ketones is 1. The number of halogens is 2. The van der Waals surface area contributed by atoms with E-state index in [1.165, 1.54) is 6.07 Å². The molecule has 0 aliphatic carbocycles. The van der Waals surface area contributed by atoms with Gasteiger partial charge in [-0.05, 0) is 25.5 Å². The number of carbonyl (C=O) groups excluding carboxylic acids is 1. The van der Waals surface area contributed by atoms with Crippen LogP contribution in [0.1, 0.15) is 37.0 Å². The van der Waals surface area contributed by atoms with Gasteiger partial charge in [0.15, 0.2) is 5.78 Å². The summed E-state index contributed by atoms with van der Waals surface area (Å²) in [7, 11) is 0. The maximum atomic E-state index is 13.4. The first kappa shape index (κ1) is 13.8. The van der Waals surface area contributed by atoms with Crippen molar-refractivity contribution in [3.63, 3.8) is 0 Å². The normalized spacial score (nSPS) is 12.5. The molecular weight excluding hydrogens is 226 g/mol. The quantitative estimate of drug-likeness (QED) is 0.715. The van der Waals surface area contributed by atoms with Crippen molar-refractivity contribution in [2.24, 2.45) is 0 Å². The Kier molecular flexibility index (Phi) is 5.22. The number of ether oxygens (including phenoxy) is 1. The Hall–Kier alpha value is -1.29. The van der Waals surface area contributed by atoms with E-state index in [0.29, 0.717) is 19.4 Å². The van der Waals surface area contributed by atoms with Gasteiger partial charge < -0.3 is 4.74 Å². The van der Waals surface area contributed by atoms with Crippen LogP contribution in [0.25, 0.3) is 0 Å². The van der Waals surface area contributed by atoms with Gasteiger partial charge in [-0.2, -0.15) is 0 Å². The van der Waals surface area contributed by atoms with Crippen molar-refractivity contribution in [3.8, 4) is 0 Å². The van der Waals surface area contributed by atoms with Gasteiger partial charge in [-0.15, -0.1) is 0 Å². The highest BCUT2D eigenvalue weighted by Crippen LogP contribution is 2.17. The minimum atomic E-state index is -0.837. The summed E-state index contributed by atoms with van der Waals surface area (Å²) < 4.78 is 32.1. The fraction of sp³-hybridized carbons (Fsp3) is 0.462. The molecular formula is C13H16F2O2. The average Bonchev–Trinajstić information content (AvgIpc) is 2.28. The zero-order valence-electron chi connectivity index (χ0n) is 10.0. The molecule has 0 fully saturated rings. The Morgan fingerprint density at radius 1 is 1.29 bits per heavy atom. The second-order valence-corrected chi connectivity index (χ2v) is 3.69. The fourth-order valence-electron chi connectivity index (χ4n) is 1.65. The molecule has 0 amide bonds. The van der Waals surface area contributed by atoms with Gasteiger partial charge in [-0.3, -0.25) is 4.79 Å². The molecule has 0 heterocycles. The van der Waals surface area contributed by atoms with Gasteiger partial charge in [0.1, 0.15) is 17.7 Å². The highest BCUT2D eigenvalue weighted by molar-refractivity contribution is 5.99. The lowest BCUT2D eigenvalue weighted by molar-refractivity contribution is 0.0415. The molecule has 2 nitrogen and oxygen atoms in total. The van der Waals surface area contributed by atoms with Crippen LogP contribution < -0.4 is 0 Å². The Balaban J connectivity index is 3.00. The van der Waals surface area contributed by atoms with Crippen molar-refractivity contribution >= 4 is 5.78 Å². The highest BCUT2D eigenvalue weighted by Gasteiger charge is 2.25. The van der Waals surface area contributed by atoms with Crippen LogP contribution in [0.4, 0.5) is 8.78 Å². The van der Waals surface area contributed by atoms with Crippen LogP contribution in [-0.2, 0) is 4.74 Å². The molecule has 0 aliphatic heterocycles. The summed E-state index contributed by atoms with van der Waals surface area (Å²) in [4.78, 5) is 12.0. The second-order valence-electron chi connectivity index (χ2n) is 3.69. The van der Waals surface area contributed by atoms with E-state index in [4.69, 9.17) is 4.74 Å². The molecule has 1 rings (SSSR count). The van der Waals surface area contributed by atoms with Crippen LogP contribution in [0.2, 0.25) is 0 Å². The maximum Gasteiger partial charge on any atom is 0.197 e. The van der Waals surface area contributed by atoms with Crippen molar-refractivity contribution < 1.29 is 18.3 Å². The van der Waals surface area contributed by atoms with E-state index >= 15 is 0 Å². The van der Waals surface area contributed by atoms with Crippen LogP contribution >= 0.6 is 0 Å². The Morgan fingerprint density at radius 3 is 2.35 bits per heavy atom. The molecule has 0 N–H and O–H groups in total. The van der Waals surface area contributed by atoms with Gasteiger partial charge in [0.2, 0.25) is 0 Å². The summed E-state index contributed by atoms with van der Waals surface area (Å²) in [6.45, 7) is 3.97. The molecule has 4 heteroatoms. The van der Waals surface area contributed by atoms with Gasteiger partial charge in [0, 0.05) is 6.61 Å². The Bertz CT molecular complexity index is 365. The lowest BCUT2D eigenvalue weighted by Crippen LogP contribution is -2.26. The van der Waals surface area contributed by atoms with Gasteiger partial charge in [-0.1, -0.05) is 19.4 Å². The zero-order valence-corrected chi connectivity index (χ0v) is 10.0. The summed E-state index contributed by atoms with van der Waals surface area (Å²) in [6, 6.07) is 3.38. The monoisotopic (exact) mass is 242 g/mol. The van der Waals surface area contributed by atoms with Gasteiger partial charge in [-0.25, -0.2) is 8.78 Å². The van der Waals surface area contributed by atoms with Crippen molar-refractivity contribution in [2.45, 2.75) is 32.8 Å². The predicted octanol–water partition coefficient (Wildman–Crippen LogP) is 3.35. The van der Waals surface area contributed by atoms with E-state index in [0.717, 1.165) is 12.1 Å². The number of rotatable bonds is 6. The lowest BCUT2D eigenvalue weighted by atomic mass is 10.0. The largest absolute Gasteiger partial charge is 0.370 e. The minimum absolute atomic E-state index is 0.340. The first-order chi connectivity index (χ1) is 8.11. The topological polar surface area (TPSA) is 26.3 Å². The number of Topliss-reactive ketones (excluding diaryl/α,β-unsaturated/α-hetero) is 1. The molecule has 94 valence electrons. The second kappa shape index (κ2) is 6.45. The van der Waals surface area contributed by atoms with E-state index in [-0.39, 0.29) is 0 Å². The molecule has 0 spiro atoms. The van der Waals surface area contributed by atoms with Crippen molar-refractivity contribution in [2.75, 3.05) is 6.61 Å². The molecule has 0 saturated heterocycles. The minimum Gasteiger partial charge on any atom is -0.370 e. The summed E-state index contributed by atoms with van der Waals surface area (Å²) >= 11 is 0. The third-order valence-electron chi connectivity index (χ3n) is 2.42. The summed E-state index contributed by atoms with van der Waals surface area (Å²) in [6.07, 6.45) is 0.406. The van der Waals surface area contributed by atoms with E-state index < -0.39 is 29.1 Å². The highest BCUT2D eigenvalue weighted by atomic mass is 19.1. The average molecular weight is 242 g/mol. The van der Waals surface area contributed by atoms with Crippen LogP contribution in [0.15, 0.2) is 18.2 Å². The number of carbonyl (C=O) groups is 1. The van der Waals surface area contributed by atoms with Crippen LogP contribution in [0, 0.1) is 11.6 Å². The van der Waals surface area contributed by atoms with Crippen LogP contribution in [0.3, 0.4) is 0 Å². The summed E-state index contributed by atoms with van der Waals surface area (Å²) in [5.74, 6) is -2.30. The fourth-order valence-corrected chi connectivity index (χ4v) is 1.65. The summed E-state index contributed by atoms with van der Waals surface area (Å²) in [5, 5.41) is 0. The van der Waals surface area contributed by atoms with Crippen molar-refractivity contribution in [1.29, 1.82) is 0 Å². The maximum absolute atomic E-state index is 13.4. The molecule has 1 unspecified atom stereocenters. The third kappa shape index (κ3) is 3.33. The smallest absolute Gasteiger partial charge is 0.197 e. The third-order valence-corrected chi connectivity index (χ3v) is 2.42. The molecule has 1 aromatic rings. The van der Waals surface area contributed by atoms with Gasteiger partial charge in [0.25, 0.3) is 0 Å². The van der Waals surface area contributed by atoms with E-state index in [1.807, 2.05) is 6.92 Å². The predicted molar refractivity (Wildman–Crippen MR) is 61.0 cm³/mol. The molecule has 17 heavy (non-hydrogen) atoms. The standard InChI is InChI=1S/C13H16F2O2/c1-3-6-11(17-4-2)13(16)12-9(14)7-5-8-10(12)15/h5,7-8,11H,3-4,6H2,1-2H3. The van der Waals surface area contributed by atoms with E-state index in [9.17, 15) is 13.6 Å². The van der Waals surface area contributed by atoms with Crippen LogP contribution in [0.5, 0.6) is 0 Å². The van der Waals surface area contributed by atoms with Crippen LogP contribution in [-0.4, -0.2) is 18.5 Å². The molecule has 0 saturated carbocycles. The molecule has 1 aromatic carbocycles. The van der Waals surface area contributed by atoms with E-state index in [2.05, 4.69) is 0 Å². The first-order valence-electron chi connectivity index (χ1n) is 5.71. The van der Waals surface area contributed by atoms with Crippen molar-refractivity contribution in [1.82, 2.24) is 0 Å². The molecule has 1 atom stereocenters.